The number of allylic oxidation sites excluding steroid dienone is 1. The maximum Gasteiger partial charge on any atom is 0.427 e. The van der Waals surface area contributed by atoms with Crippen molar-refractivity contribution in [3.05, 3.63) is 42.4 Å². The van der Waals surface area contributed by atoms with Gasteiger partial charge in [-0.05, 0) is 71.4 Å². The summed E-state index contributed by atoms with van der Waals surface area (Å²) in [5, 5.41) is 5.51. The molecule has 0 spiro atoms. The van der Waals surface area contributed by atoms with Gasteiger partial charge in [-0.25, -0.2) is 27.0 Å². The van der Waals surface area contributed by atoms with Crippen LogP contribution in [0.1, 0.15) is 72.6 Å². The third kappa shape index (κ3) is 8.82. The third-order valence-corrected chi connectivity index (χ3v) is 13.7. The number of methoxy groups -OCH3 is 1. The molecular weight excluding hydrogens is 826 g/mol. The van der Waals surface area contributed by atoms with Crippen LogP contribution in [0.5, 0.6) is 11.6 Å². The number of aromatic nitrogens is 1. The lowest BCUT2D eigenvalue weighted by molar-refractivity contribution is -0.244. The van der Waals surface area contributed by atoms with E-state index in [0.717, 1.165) is 17.0 Å². The number of halogens is 5. The first kappa shape index (κ1) is 44.8. The number of alkyl halides is 4. The summed E-state index contributed by atoms with van der Waals surface area (Å²) in [5.41, 5.74) is -4.82. The Morgan fingerprint density at radius 2 is 1.87 bits per heavy atom. The molecule has 1 aromatic heterocycles. The van der Waals surface area contributed by atoms with Crippen molar-refractivity contribution in [3.8, 4) is 11.6 Å². The Kier molecular flexibility index (Phi) is 12.4. The number of amides is 4. The van der Waals surface area contributed by atoms with E-state index in [0.29, 0.717) is 32.1 Å². The number of fused-ring (bicyclic) bond motifs is 3. The lowest BCUT2D eigenvalue weighted by Gasteiger charge is -2.35. The second-order valence-corrected chi connectivity index (χ2v) is 18.3. The molecule has 60 heavy (non-hydrogen) atoms. The number of carbonyl (C=O) groups excluding carboxylic acids is 4. The van der Waals surface area contributed by atoms with Crippen molar-refractivity contribution >= 4 is 44.6 Å². The van der Waals surface area contributed by atoms with Crippen molar-refractivity contribution in [2.75, 3.05) is 20.3 Å². The molecule has 3 heterocycles. The summed E-state index contributed by atoms with van der Waals surface area (Å²) in [4.78, 5) is 61.6. The highest BCUT2D eigenvalue weighted by atomic mass is 32.2. The topological polar surface area (TPSA) is 192 Å². The zero-order valence-corrected chi connectivity index (χ0v) is 34.4. The van der Waals surface area contributed by atoms with E-state index < -0.39 is 111 Å². The zero-order chi connectivity index (χ0) is 44.0. The highest BCUT2D eigenvalue weighted by Gasteiger charge is 2.64. The minimum Gasteiger partial charge on any atom is -0.496 e. The van der Waals surface area contributed by atoms with Crippen LogP contribution in [0.4, 0.5) is 26.7 Å². The Balaban J connectivity index is 1.38. The number of alkyl carbamates (subject to hydrolysis) is 1. The van der Waals surface area contributed by atoms with E-state index in [-0.39, 0.29) is 49.1 Å². The van der Waals surface area contributed by atoms with Gasteiger partial charge in [-0.1, -0.05) is 19.1 Å². The highest BCUT2D eigenvalue weighted by Crippen LogP contribution is 2.48. The molecule has 21 heteroatoms. The van der Waals surface area contributed by atoms with Gasteiger partial charge in [-0.3, -0.25) is 19.1 Å². The Labute approximate surface area is 343 Å². The number of hydrogen-bond donors (Lipinski definition) is 3. The number of carbonyl (C=O) groups is 4. The van der Waals surface area contributed by atoms with Crippen LogP contribution in [0.3, 0.4) is 0 Å². The summed E-state index contributed by atoms with van der Waals surface area (Å²) < 4.78 is 119. The van der Waals surface area contributed by atoms with Gasteiger partial charge in [-0.2, -0.15) is 13.2 Å². The first-order valence-corrected chi connectivity index (χ1v) is 21.0. The maximum absolute atomic E-state index is 14.8. The van der Waals surface area contributed by atoms with Crippen LogP contribution in [0.25, 0.3) is 10.8 Å². The Bertz CT molecular complexity index is 2150. The lowest BCUT2D eigenvalue weighted by Crippen LogP contribution is -2.61. The fourth-order valence-electron chi connectivity index (χ4n) is 7.51. The van der Waals surface area contributed by atoms with Crippen LogP contribution in [-0.4, -0.2) is 115 Å². The van der Waals surface area contributed by atoms with Gasteiger partial charge in [0.15, 0.2) is 0 Å². The van der Waals surface area contributed by atoms with Gasteiger partial charge < -0.3 is 34.5 Å². The predicted molar refractivity (Wildman–Crippen MR) is 203 cm³/mol. The standard InChI is InChI=1S/C39H48F5N5O10S/c1-6-28-30(46-35(53)59-36(3,4)39(42,43)44)33(51)49-19-24(58-32-26-15-23(41)16-29(56-5)25(26)11-14-45-32)17-27(49)31(50)47-38(18-22(38)10-8-7-9-21(2)57-28)34(52)48-60(54,55)37(20-40)12-13-37/h8,10-11,14-16,21-22,24,27-28,30H,6-7,9,12-13,17-20H2,1-5H3,(H,46,53)(H,47,50)(H,48,52)/b10-8-/t21-,22+,24+,27-,28-,30-,38+/m0/s1. The molecule has 2 aliphatic heterocycles. The third-order valence-electron chi connectivity index (χ3n) is 11.6. The van der Waals surface area contributed by atoms with Crippen LogP contribution in [0.15, 0.2) is 36.5 Å². The molecule has 4 amide bonds. The molecule has 0 unspecified atom stereocenters. The second kappa shape index (κ2) is 16.6. The Hall–Kier alpha value is -4.79. The molecular formula is C39H48F5N5O10S. The van der Waals surface area contributed by atoms with Crippen LogP contribution in [-0.2, 0) is 33.9 Å². The van der Waals surface area contributed by atoms with Crippen LogP contribution < -0.4 is 24.8 Å². The largest absolute Gasteiger partial charge is 0.496 e. The number of pyridine rings is 1. The number of rotatable bonds is 10. The molecule has 2 aromatic rings. The molecule has 2 saturated carbocycles. The van der Waals surface area contributed by atoms with E-state index in [2.05, 4.69) is 15.6 Å². The average Bonchev–Trinajstić information content (AvgIpc) is 4.08. The minimum absolute atomic E-state index is 0.00419. The molecule has 6 rings (SSSR count). The van der Waals surface area contributed by atoms with Crippen LogP contribution >= 0.6 is 0 Å². The smallest absolute Gasteiger partial charge is 0.427 e. The maximum atomic E-state index is 14.8. The van der Waals surface area contributed by atoms with Crippen molar-refractivity contribution < 1.29 is 68.5 Å². The van der Waals surface area contributed by atoms with Crippen molar-refractivity contribution in [2.24, 2.45) is 5.92 Å². The monoisotopic (exact) mass is 873 g/mol. The number of nitrogens with one attached hydrogen (secondary N) is 3. The fraction of sp³-hybridized carbons (Fsp3) is 0.615. The van der Waals surface area contributed by atoms with Crippen molar-refractivity contribution in [1.82, 2.24) is 25.2 Å². The van der Waals surface area contributed by atoms with Gasteiger partial charge in [0.2, 0.25) is 33.3 Å². The number of hydrogen-bond acceptors (Lipinski definition) is 11. The molecule has 3 N–H and O–H groups in total. The molecule has 330 valence electrons. The first-order valence-electron chi connectivity index (χ1n) is 19.5. The number of benzene rings is 1. The van der Waals surface area contributed by atoms with Gasteiger partial charge in [0.05, 0.1) is 31.2 Å². The lowest BCUT2D eigenvalue weighted by atomic mass is 10.0. The Morgan fingerprint density at radius 1 is 1.15 bits per heavy atom. The number of nitrogens with zero attached hydrogens (tertiary/aromatic N) is 2. The summed E-state index contributed by atoms with van der Waals surface area (Å²) in [7, 11) is -3.17. The van der Waals surface area contributed by atoms with Crippen molar-refractivity contribution in [2.45, 2.75) is 125 Å². The van der Waals surface area contributed by atoms with Crippen molar-refractivity contribution in [3.63, 3.8) is 0 Å². The van der Waals surface area contributed by atoms with E-state index >= 15 is 0 Å². The van der Waals surface area contributed by atoms with Crippen LogP contribution in [0, 0.1) is 11.7 Å². The minimum atomic E-state index is -4.99. The first-order chi connectivity index (χ1) is 28.1. The Morgan fingerprint density at radius 3 is 2.50 bits per heavy atom. The molecule has 3 fully saturated rings. The molecule has 1 aromatic carbocycles. The normalized spacial score (nSPS) is 28.9. The summed E-state index contributed by atoms with van der Waals surface area (Å²) >= 11 is 0. The van der Waals surface area contributed by atoms with E-state index in [4.69, 9.17) is 18.9 Å². The van der Waals surface area contributed by atoms with Crippen LogP contribution in [0.2, 0.25) is 0 Å². The zero-order valence-electron chi connectivity index (χ0n) is 33.6. The number of ether oxygens (including phenoxy) is 4. The van der Waals surface area contributed by atoms with E-state index in [9.17, 15) is 49.5 Å². The molecule has 1 saturated heterocycles. The van der Waals surface area contributed by atoms with Gasteiger partial charge in [0, 0.05) is 30.0 Å². The SMILES string of the molecule is CC[C@@H]1O[C@@H](C)CC/C=C\[C@@H]2C[C@@]2(C(=O)NS(=O)(=O)C2(CF)CC2)NC(=O)[C@@H]2C[C@@H](Oc3nccc4c(OC)cc(F)cc34)CN2C(=O)[C@H]1NC(=O)OC(C)(C)C(F)(F)F. The average molecular weight is 874 g/mol. The molecule has 0 radical (unpaired) electrons. The van der Waals surface area contributed by atoms with E-state index in [1.54, 1.807) is 32.1 Å². The van der Waals surface area contributed by atoms with Gasteiger partial charge in [0.25, 0.3) is 5.91 Å². The van der Waals surface area contributed by atoms with E-state index in [1.807, 2.05) is 4.72 Å². The molecule has 0 bridgehead atoms. The highest BCUT2D eigenvalue weighted by molar-refractivity contribution is 7.91. The second-order valence-electron chi connectivity index (χ2n) is 16.2. The summed E-state index contributed by atoms with van der Waals surface area (Å²) in [5.74, 6) is -4.37. The summed E-state index contributed by atoms with van der Waals surface area (Å²) in [6, 6.07) is 0.618. The van der Waals surface area contributed by atoms with Gasteiger partial charge in [0.1, 0.15) is 46.7 Å². The van der Waals surface area contributed by atoms with Crippen molar-refractivity contribution in [1.29, 1.82) is 0 Å². The quantitative estimate of drug-likeness (QED) is 0.225. The fourth-order valence-corrected chi connectivity index (χ4v) is 8.94. The molecule has 2 aliphatic carbocycles. The van der Waals surface area contributed by atoms with E-state index in [1.165, 1.54) is 13.3 Å². The van der Waals surface area contributed by atoms with Gasteiger partial charge >= 0.3 is 12.3 Å². The molecule has 4 aliphatic rings. The van der Waals surface area contributed by atoms with Gasteiger partial charge in [-0.15, -0.1) is 0 Å². The molecule has 15 nitrogen and oxygen atoms in total. The predicted octanol–water partition coefficient (Wildman–Crippen LogP) is 4.52. The summed E-state index contributed by atoms with van der Waals surface area (Å²) in [6.45, 7) is 2.94. The summed E-state index contributed by atoms with van der Waals surface area (Å²) in [6.07, 6.45) is -4.33. The number of sulfonamides is 1. The molecule has 7 atom stereocenters.